The number of methoxy groups -OCH3 is 1. The van der Waals surface area contributed by atoms with E-state index in [1.807, 2.05) is 12.1 Å². The van der Waals surface area contributed by atoms with Crippen LogP contribution < -0.4 is 9.64 Å². The van der Waals surface area contributed by atoms with Gasteiger partial charge in [-0.2, -0.15) is 0 Å². The molecule has 0 aliphatic carbocycles. The summed E-state index contributed by atoms with van der Waals surface area (Å²) in [4.78, 5) is 7.39. The molecule has 2 aliphatic heterocycles. The third kappa shape index (κ3) is 4.87. The zero-order valence-electron chi connectivity index (χ0n) is 17.0. The van der Waals surface area contributed by atoms with E-state index < -0.39 is 11.6 Å². The van der Waals surface area contributed by atoms with E-state index >= 15 is 0 Å². The molecule has 2 saturated heterocycles. The maximum atomic E-state index is 13.5. The molecule has 4 rings (SSSR count). The van der Waals surface area contributed by atoms with Gasteiger partial charge in [0.05, 0.1) is 7.11 Å². The minimum atomic E-state index is -0.778. The summed E-state index contributed by atoms with van der Waals surface area (Å²) in [5.41, 5.74) is 2.09. The summed E-state index contributed by atoms with van der Waals surface area (Å²) in [5, 5.41) is 0. The van der Waals surface area contributed by atoms with E-state index in [1.54, 1.807) is 13.2 Å². The fourth-order valence-electron chi connectivity index (χ4n) is 4.51. The molecule has 0 radical (unpaired) electrons. The lowest BCUT2D eigenvalue weighted by atomic mass is 10.0. The van der Waals surface area contributed by atoms with Crippen molar-refractivity contribution in [1.29, 1.82) is 0 Å². The maximum absolute atomic E-state index is 13.5. The highest BCUT2D eigenvalue weighted by Crippen LogP contribution is 2.24. The minimum Gasteiger partial charge on any atom is -0.497 e. The van der Waals surface area contributed by atoms with Gasteiger partial charge in [0.2, 0.25) is 0 Å². The van der Waals surface area contributed by atoms with Crippen molar-refractivity contribution in [3.8, 4) is 5.75 Å². The largest absolute Gasteiger partial charge is 0.497 e. The number of halogens is 2. The van der Waals surface area contributed by atoms with Crippen molar-refractivity contribution < 1.29 is 13.5 Å². The number of likely N-dealkylation sites (tertiary alicyclic amines) is 1. The van der Waals surface area contributed by atoms with Gasteiger partial charge in [0, 0.05) is 51.0 Å². The lowest BCUT2D eigenvalue weighted by molar-refractivity contribution is 0.0887. The second-order valence-electron chi connectivity index (χ2n) is 8.00. The summed E-state index contributed by atoms with van der Waals surface area (Å²) in [6.45, 7) is 6.83. The second-order valence-corrected chi connectivity index (χ2v) is 8.00. The van der Waals surface area contributed by atoms with E-state index in [9.17, 15) is 8.78 Å². The summed E-state index contributed by atoms with van der Waals surface area (Å²) in [6.07, 6.45) is 2.35. The molecule has 2 aromatic carbocycles. The Kier molecular flexibility index (Phi) is 6.31. The molecule has 0 aromatic heterocycles. The summed E-state index contributed by atoms with van der Waals surface area (Å²) in [5.74, 6) is -0.651. The van der Waals surface area contributed by atoms with Gasteiger partial charge >= 0.3 is 0 Å². The smallest absolute Gasteiger partial charge is 0.159 e. The van der Waals surface area contributed by atoms with Gasteiger partial charge < -0.3 is 9.64 Å². The Morgan fingerprint density at radius 3 is 2.38 bits per heavy atom. The Morgan fingerprint density at radius 1 is 0.931 bits per heavy atom. The highest BCUT2D eigenvalue weighted by molar-refractivity contribution is 5.49. The number of piperazine rings is 1. The summed E-state index contributed by atoms with van der Waals surface area (Å²) in [7, 11) is 1.69. The third-order valence-electron chi connectivity index (χ3n) is 6.14. The van der Waals surface area contributed by atoms with Crippen LogP contribution in [0.1, 0.15) is 18.4 Å². The molecule has 2 aliphatic rings. The molecule has 0 saturated carbocycles. The second kappa shape index (κ2) is 9.09. The summed E-state index contributed by atoms with van der Waals surface area (Å²) in [6, 6.07) is 13.1. The van der Waals surface area contributed by atoms with Crippen LogP contribution in [0.3, 0.4) is 0 Å². The molecule has 2 aromatic rings. The van der Waals surface area contributed by atoms with Crippen LogP contribution in [0.25, 0.3) is 0 Å². The molecule has 0 amide bonds. The van der Waals surface area contributed by atoms with Crippen molar-refractivity contribution in [2.75, 3.05) is 51.3 Å². The number of benzene rings is 2. The molecule has 2 fully saturated rings. The van der Waals surface area contributed by atoms with E-state index in [1.165, 1.54) is 24.2 Å². The van der Waals surface area contributed by atoms with Gasteiger partial charge in [-0.1, -0.05) is 6.07 Å². The van der Waals surface area contributed by atoms with Crippen LogP contribution in [0, 0.1) is 11.6 Å². The molecular formula is C23H29F2N3O. The lowest BCUT2D eigenvalue weighted by Gasteiger charge is -2.44. The first-order valence-corrected chi connectivity index (χ1v) is 10.4. The Morgan fingerprint density at radius 2 is 1.69 bits per heavy atom. The van der Waals surface area contributed by atoms with Crippen LogP contribution in [-0.2, 0) is 6.54 Å². The highest BCUT2D eigenvalue weighted by Gasteiger charge is 2.28. The van der Waals surface area contributed by atoms with Gasteiger partial charge in [-0.15, -0.1) is 0 Å². The molecule has 1 atom stereocenters. The molecular weight excluding hydrogens is 372 g/mol. The molecule has 0 unspecified atom stereocenters. The van der Waals surface area contributed by atoms with Crippen molar-refractivity contribution >= 4 is 5.69 Å². The first kappa shape index (κ1) is 20.1. The molecule has 2 heterocycles. The molecule has 4 nitrogen and oxygen atoms in total. The molecule has 0 bridgehead atoms. The predicted octanol–water partition coefficient (Wildman–Crippen LogP) is 3.76. The number of anilines is 1. The minimum absolute atomic E-state index is 0.534. The third-order valence-corrected chi connectivity index (χ3v) is 6.14. The molecule has 156 valence electrons. The van der Waals surface area contributed by atoms with Gasteiger partial charge in [-0.05, 0) is 61.3 Å². The van der Waals surface area contributed by atoms with Gasteiger partial charge in [0.25, 0.3) is 0 Å². The van der Waals surface area contributed by atoms with Crippen LogP contribution in [0.4, 0.5) is 14.5 Å². The van der Waals surface area contributed by atoms with Gasteiger partial charge in [0.15, 0.2) is 11.6 Å². The van der Waals surface area contributed by atoms with Crippen molar-refractivity contribution in [3.63, 3.8) is 0 Å². The van der Waals surface area contributed by atoms with Crippen molar-refractivity contribution in [2.45, 2.75) is 25.4 Å². The number of hydrogen-bond donors (Lipinski definition) is 0. The number of ether oxygens (including phenoxy) is 1. The normalized spacial score (nSPS) is 21.3. The Balaban J connectivity index is 1.30. The molecule has 29 heavy (non-hydrogen) atoms. The van der Waals surface area contributed by atoms with Crippen LogP contribution in [-0.4, -0.2) is 62.2 Å². The average Bonchev–Trinajstić information content (AvgIpc) is 2.77. The quantitative estimate of drug-likeness (QED) is 0.759. The first-order valence-electron chi connectivity index (χ1n) is 10.4. The van der Waals surface area contributed by atoms with Crippen LogP contribution in [0.15, 0.2) is 42.5 Å². The van der Waals surface area contributed by atoms with Crippen molar-refractivity contribution in [2.24, 2.45) is 0 Å². The van der Waals surface area contributed by atoms with Crippen molar-refractivity contribution in [1.82, 2.24) is 9.80 Å². The monoisotopic (exact) mass is 401 g/mol. The van der Waals surface area contributed by atoms with E-state index in [4.69, 9.17) is 4.74 Å². The number of rotatable bonds is 5. The Bertz CT molecular complexity index is 806. The predicted molar refractivity (Wildman–Crippen MR) is 111 cm³/mol. The standard InChI is InChI=1S/C23H29F2N3O/c1-29-21-7-5-19(6-8-21)27-11-13-28(14-12-27)20-3-2-10-26(17-20)16-18-4-9-22(24)23(25)15-18/h4-9,15,20H,2-3,10-14,16-17H2,1H3/t20-/m1/s1. The first-order chi connectivity index (χ1) is 14.1. The van der Waals surface area contributed by atoms with Gasteiger partial charge in [-0.3, -0.25) is 9.80 Å². The van der Waals surface area contributed by atoms with E-state index in [0.717, 1.165) is 57.0 Å². The average molecular weight is 402 g/mol. The zero-order chi connectivity index (χ0) is 20.2. The number of piperidine rings is 1. The Labute approximate surface area is 171 Å². The molecule has 0 spiro atoms. The number of hydrogen-bond acceptors (Lipinski definition) is 4. The lowest BCUT2D eigenvalue weighted by Crippen LogP contribution is -2.55. The van der Waals surface area contributed by atoms with Crippen molar-refractivity contribution in [3.05, 3.63) is 59.7 Å². The van der Waals surface area contributed by atoms with Crippen LogP contribution in [0.2, 0.25) is 0 Å². The zero-order valence-corrected chi connectivity index (χ0v) is 17.0. The number of nitrogens with zero attached hydrogens (tertiary/aromatic N) is 3. The Hall–Kier alpha value is -2.18. The van der Waals surface area contributed by atoms with Gasteiger partial charge in [-0.25, -0.2) is 8.78 Å². The molecule has 0 N–H and O–H groups in total. The van der Waals surface area contributed by atoms with Gasteiger partial charge in [0.1, 0.15) is 5.75 Å². The summed E-state index contributed by atoms with van der Waals surface area (Å²) < 4.78 is 31.9. The maximum Gasteiger partial charge on any atom is 0.159 e. The van der Waals surface area contributed by atoms with Crippen LogP contribution >= 0.6 is 0 Å². The SMILES string of the molecule is COc1ccc(N2CCN([C@@H]3CCCN(Cc4ccc(F)c(F)c4)C3)CC2)cc1. The van der Waals surface area contributed by atoms with E-state index in [-0.39, 0.29) is 0 Å². The highest BCUT2D eigenvalue weighted by atomic mass is 19.2. The topological polar surface area (TPSA) is 19.0 Å². The fraction of sp³-hybridized carbons (Fsp3) is 0.478. The molecule has 6 heteroatoms. The van der Waals surface area contributed by atoms with E-state index in [2.05, 4.69) is 26.8 Å². The summed E-state index contributed by atoms with van der Waals surface area (Å²) >= 11 is 0. The van der Waals surface area contributed by atoms with E-state index in [0.29, 0.717) is 12.6 Å². The fourth-order valence-corrected chi connectivity index (χ4v) is 4.51. The van der Waals surface area contributed by atoms with Crippen LogP contribution in [0.5, 0.6) is 5.75 Å².